The van der Waals surface area contributed by atoms with E-state index in [4.69, 9.17) is 10.4 Å². The maximum absolute atomic E-state index is 12.6. The van der Waals surface area contributed by atoms with Gasteiger partial charge in [0.05, 0.1) is 0 Å². The van der Waals surface area contributed by atoms with E-state index in [0.717, 1.165) is 12.7 Å². The Kier molecular flexibility index (Phi) is 3.12. The topological polar surface area (TPSA) is 220 Å². The highest BCUT2D eigenvalue weighted by Crippen LogP contribution is 2.41. The van der Waals surface area contributed by atoms with Crippen LogP contribution in [0.2, 0.25) is 0 Å². The van der Waals surface area contributed by atoms with Crippen LogP contribution in [0.15, 0.2) is 27.0 Å². The first kappa shape index (κ1) is 15.8. The van der Waals surface area contributed by atoms with E-state index < -0.39 is 24.6 Å². The number of hydrogen-bond acceptors (Lipinski definition) is 9. The summed E-state index contributed by atoms with van der Waals surface area (Å²) < 4.78 is 18.8. The minimum Gasteiger partial charge on any atom is -0.369 e. The van der Waals surface area contributed by atoms with Crippen LogP contribution in [-0.2, 0) is 4.57 Å². The highest BCUT2D eigenvalue weighted by Gasteiger charge is 2.30. The normalized spacial score (nSPS) is 13.9. The van der Waals surface area contributed by atoms with E-state index in [1.807, 2.05) is 4.98 Å². The van der Waals surface area contributed by atoms with Gasteiger partial charge < -0.3 is 10.4 Å². The van der Waals surface area contributed by atoms with E-state index in [0.29, 0.717) is 9.07 Å². The smallest absolute Gasteiger partial charge is 0.369 e. The van der Waals surface area contributed by atoms with Gasteiger partial charge in [0.1, 0.15) is 12.7 Å². The quantitative estimate of drug-likeness (QED) is 0.235. The SMILES string of the molecule is Nc1nc2c(ncn2OP(=O)(O)n2cnc3c(=O)[nH]c(=O)[nH]c32)c(=O)[nH]1. The number of nitrogens with two attached hydrogens (primary N) is 1. The fraction of sp³-hybridized carbons (Fsp3) is 0. The van der Waals surface area contributed by atoms with E-state index in [1.165, 1.54) is 0 Å². The predicted octanol–water partition coefficient (Wildman–Crippen LogP) is -2.49. The molecule has 26 heavy (non-hydrogen) atoms. The van der Waals surface area contributed by atoms with Crippen LogP contribution >= 0.6 is 7.75 Å². The van der Waals surface area contributed by atoms with Crippen molar-refractivity contribution >= 4 is 36.0 Å². The zero-order valence-corrected chi connectivity index (χ0v) is 13.3. The van der Waals surface area contributed by atoms with Gasteiger partial charge in [0.15, 0.2) is 16.7 Å². The third-order valence-electron chi connectivity index (χ3n) is 3.29. The molecule has 16 heteroatoms. The van der Waals surface area contributed by atoms with Gasteiger partial charge in [-0.1, -0.05) is 0 Å². The van der Waals surface area contributed by atoms with Crippen LogP contribution in [0.4, 0.5) is 5.95 Å². The molecule has 4 rings (SSSR count). The van der Waals surface area contributed by atoms with Crippen LogP contribution in [0.5, 0.6) is 0 Å². The molecule has 1 unspecified atom stereocenters. The van der Waals surface area contributed by atoms with Gasteiger partial charge in [0.25, 0.3) is 11.1 Å². The Balaban J connectivity index is 1.87. The molecule has 6 N–H and O–H groups in total. The van der Waals surface area contributed by atoms with Crippen LogP contribution in [0.25, 0.3) is 22.3 Å². The van der Waals surface area contributed by atoms with Crippen molar-refractivity contribution in [3.63, 3.8) is 0 Å². The van der Waals surface area contributed by atoms with E-state index in [2.05, 4.69) is 24.9 Å². The number of rotatable bonds is 3. The summed E-state index contributed by atoms with van der Waals surface area (Å²) in [6, 6.07) is 0. The Morgan fingerprint density at radius 2 is 1.77 bits per heavy atom. The minimum absolute atomic E-state index is 0.181. The van der Waals surface area contributed by atoms with Crippen LogP contribution in [0.3, 0.4) is 0 Å². The van der Waals surface area contributed by atoms with Crippen molar-refractivity contribution in [2.24, 2.45) is 0 Å². The lowest BCUT2D eigenvalue weighted by molar-refractivity contribution is 0.232. The molecule has 0 amide bonds. The average Bonchev–Trinajstić information content (AvgIpc) is 3.12. The van der Waals surface area contributed by atoms with Gasteiger partial charge in [-0.3, -0.25) is 29.4 Å². The summed E-state index contributed by atoms with van der Waals surface area (Å²) >= 11 is 0. The number of aromatic amines is 3. The molecule has 134 valence electrons. The molecule has 0 aromatic carbocycles. The van der Waals surface area contributed by atoms with Gasteiger partial charge in [0.2, 0.25) is 11.6 Å². The molecule has 0 spiro atoms. The molecule has 15 nitrogen and oxygen atoms in total. The zero-order chi connectivity index (χ0) is 18.6. The number of aromatic nitrogens is 8. The molecule has 0 saturated carbocycles. The maximum atomic E-state index is 12.6. The third kappa shape index (κ3) is 2.30. The summed E-state index contributed by atoms with van der Waals surface area (Å²) in [4.78, 5) is 62.5. The summed E-state index contributed by atoms with van der Waals surface area (Å²) in [6.45, 7) is 0. The number of nitrogen functional groups attached to an aromatic ring is 1. The predicted molar refractivity (Wildman–Crippen MR) is 85.3 cm³/mol. The molecular weight excluding hydrogens is 373 g/mol. The van der Waals surface area contributed by atoms with Crippen molar-refractivity contribution in [2.75, 3.05) is 5.73 Å². The fourth-order valence-electron chi connectivity index (χ4n) is 2.24. The van der Waals surface area contributed by atoms with Crippen molar-refractivity contribution < 1.29 is 14.1 Å². The molecule has 0 aliphatic carbocycles. The molecule has 0 bridgehead atoms. The second-order valence-electron chi connectivity index (χ2n) is 4.96. The van der Waals surface area contributed by atoms with Crippen LogP contribution in [0, 0.1) is 0 Å². The van der Waals surface area contributed by atoms with Gasteiger partial charge >= 0.3 is 13.4 Å². The Hall–Kier alpha value is -3.71. The Labute approximate surface area is 139 Å². The number of hydrogen-bond donors (Lipinski definition) is 5. The monoisotopic (exact) mass is 381 g/mol. The van der Waals surface area contributed by atoms with Crippen molar-refractivity contribution in [2.45, 2.75) is 0 Å². The lowest BCUT2D eigenvalue weighted by Gasteiger charge is -2.13. The molecule has 0 aliphatic rings. The molecule has 4 heterocycles. The number of imidazole rings is 2. The second kappa shape index (κ2) is 5.14. The highest BCUT2D eigenvalue weighted by atomic mass is 31.2. The van der Waals surface area contributed by atoms with E-state index >= 15 is 0 Å². The summed E-state index contributed by atoms with van der Waals surface area (Å²) in [5.74, 6) is -0.260. The molecule has 0 aliphatic heterocycles. The largest absolute Gasteiger partial charge is 0.511 e. The van der Waals surface area contributed by atoms with Gasteiger partial charge in [-0.15, -0.1) is 4.73 Å². The average molecular weight is 381 g/mol. The van der Waals surface area contributed by atoms with Gasteiger partial charge in [-0.05, 0) is 0 Å². The fourth-order valence-corrected chi connectivity index (χ4v) is 3.24. The lowest BCUT2D eigenvalue weighted by atomic mass is 10.5. The third-order valence-corrected chi connectivity index (χ3v) is 4.52. The standard InChI is InChI=1S/C10H8N9O6P/c11-9-14-5-3(7(20)16-9)12-1-18(5)25-26(23,24)19-2-13-4-6(19)15-10(22)17-8(4)21/h1-2H,(H,23,24)(H3,11,14,16,20)(H2,15,17,21,22). The van der Waals surface area contributed by atoms with E-state index in [1.54, 1.807) is 0 Å². The Morgan fingerprint density at radius 1 is 1.08 bits per heavy atom. The van der Waals surface area contributed by atoms with Crippen molar-refractivity contribution in [1.29, 1.82) is 0 Å². The highest BCUT2D eigenvalue weighted by molar-refractivity contribution is 7.51. The first-order valence-corrected chi connectivity index (χ1v) is 8.25. The Morgan fingerprint density at radius 3 is 2.54 bits per heavy atom. The molecule has 4 aromatic rings. The first-order valence-electron chi connectivity index (χ1n) is 6.72. The molecule has 4 aromatic heterocycles. The summed E-state index contributed by atoms with van der Waals surface area (Å²) in [5.41, 5.74) is 1.99. The summed E-state index contributed by atoms with van der Waals surface area (Å²) in [5, 5.41) is 0. The van der Waals surface area contributed by atoms with Gasteiger partial charge in [-0.25, -0.2) is 23.7 Å². The number of anilines is 1. The van der Waals surface area contributed by atoms with Crippen LogP contribution < -0.4 is 27.2 Å². The Bertz CT molecular complexity index is 1390. The number of H-pyrrole nitrogens is 3. The molecule has 0 fully saturated rings. The number of fused-ring (bicyclic) bond motifs is 2. The number of nitrogens with zero attached hydrogens (tertiary/aromatic N) is 5. The summed E-state index contributed by atoms with van der Waals surface area (Å²) in [7, 11) is -4.74. The molecular formula is C10H8N9O6P. The van der Waals surface area contributed by atoms with Gasteiger partial charge in [0, 0.05) is 0 Å². The minimum atomic E-state index is -4.74. The summed E-state index contributed by atoms with van der Waals surface area (Å²) in [6.07, 6.45) is 1.77. The van der Waals surface area contributed by atoms with Crippen molar-refractivity contribution in [3.8, 4) is 0 Å². The van der Waals surface area contributed by atoms with Gasteiger partial charge in [-0.2, -0.15) is 4.98 Å². The maximum Gasteiger partial charge on any atom is 0.511 e. The van der Waals surface area contributed by atoms with Crippen molar-refractivity contribution in [3.05, 3.63) is 43.8 Å². The van der Waals surface area contributed by atoms with E-state index in [-0.39, 0.29) is 28.3 Å². The molecule has 1 atom stereocenters. The van der Waals surface area contributed by atoms with Crippen LogP contribution in [0.1, 0.15) is 0 Å². The molecule has 0 radical (unpaired) electrons. The van der Waals surface area contributed by atoms with Crippen LogP contribution in [-0.4, -0.2) is 43.9 Å². The molecule has 0 saturated heterocycles. The second-order valence-corrected chi connectivity index (χ2v) is 6.54. The zero-order valence-electron chi connectivity index (χ0n) is 12.4. The lowest BCUT2D eigenvalue weighted by Crippen LogP contribution is -2.23. The van der Waals surface area contributed by atoms with Crippen molar-refractivity contribution in [1.82, 2.24) is 39.0 Å². The number of nitrogens with one attached hydrogen (secondary N) is 3. The van der Waals surface area contributed by atoms with E-state index in [9.17, 15) is 23.8 Å². The first-order chi connectivity index (χ1) is 12.3.